The Hall–Kier alpha value is -1.39. The fourth-order valence-corrected chi connectivity index (χ4v) is 2.61. The van der Waals surface area contributed by atoms with E-state index in [9.17, 15) is 4.79 Å². The SMILES string of the molecule is CCOC(=O)C[C@H]1CN(Cc2ccccc2)C[C@@H]1N. The number of carbonyl (C=O) groups is 1. The number of esters is 1. The third kappa shape index (κ3) is 4.04. The van der Waals surface area contributed by atoms with Gasteiger partial charge in [-0.1, -0.05) is 30.3 Å². The van der Waals surface area contributed by atoms with Crippen LogP contribution >= 0.6 is 0 Å². The minimum Gasteiger partial charge on any atom is -0.466 e. The zero-order valence-corrected chi connectivity index (χ0v) is 11.4. The molecule has 0 bridgehead atoms. The van der Waals surface area contributed by atoms with E-state index in [1.807, 2.05) is 25.1 Å². The number of nitrogens with zero attached hydrogens (tertiary/aromatic N) is 1. The van der Waals surface area contributed by atoms with E-state index < -0.39 is 0 Å². The average Bonchev–Trinajstić information content (AvgIpc) is 2.71. The van der Waals surface area contributed by atoms with Gasteiger partial charge in [0, 0.05) is 25.7 Å². The van der Waals surface area contributed by atoms with Gasteiger partial charge in [0.2, 0.25) is 0 Å². The first kappa shape index (κ1) is 14.0. The number of ether oxygens (including phenoxy) is 1. The molecule has 0 saturated carbocycles. The summed E-state index contributed by atoms with van der Waals surface area (Å²) in [6.07, 6.45) is 0.431. The van der Waals surface area contributed by atoms with Crippen LogP contribution < -0.4 is 5.73 Å². The summed E-state index contributed by atoms with van der Waals surface area (Å²) in [4.78, 5) is 13.8. The second-order valence-corrected chi connectivity index (χ2v) is 5.11. The lowest BCUT2D eigenvalue weighted by atomic mass is 10.0. The van der Waals surface area contributed by atoms with E-state index in [0.29, 0.717) is 13.0 Å². The van der Waals surface area contributed by atoms with Gasteiger partial charge in [-0.25, -0.2) is 0 Å². The second-order valence-electron chi connectivity index (χ2n) is 5.11. The molecule has 1 fully saturated rings. The van der Waals surface area contributed by atoms with Crippen molar-refractivity contribution < 1.29 is 9.53 Å². The van der Waals surface area contributed by atoms with Crippen LogP contribution in [0.15, 0.2) is 30.3 Å². The summed E-state index contributed by atoms with van der Waals surface area (Å²) in [5, 5.41) is 0. The Morgan fingerprint density at radius 1 is 1.37 bits per heavy atom. The number of carbonyl (C=O) groups excluding carboxylic acids is 1. The van der Waals surface area contributed by atoms with Gasteiger partial charge < -0.3 is 10.5 Å². The summed E-state index contributed by atoms with van der Waals surface area (Å²) in [5.74, 6) is 0.0762. The molecule has 0 radical (unpaired) electrons. The van der Waals surface area contributed by atoms with Crippen LogP contribution in [-0.4, -0.2) is 36.6 Å². The van der Waals surface area contributed by atoms with E-state index in [-0.39, 0.29) is 17.9 Å². The first-order valence-corrected chi connectivity index (χ1v) is 6.86. The predicted molar refractivity (Wildman–Crippen MR) is 74.4 cm³/mol. The minimum absolute atomic E-state index is 0.0631. The monoisotopic (exact) mass is 262 g/mol. The van der Waals surface area contributed by atoms with Gasteiger partial charge in [0.25, 0.3) is 0 Å². The number of likely N-dealkylation sites (tertiary alicyclic amines) is 1. The Balaban J connectivity index is 1.85. The Morgan fingerprint density at radius 2 is 2.11 bits per heavy atom. The molecular weight excluding hydrogens is 240 g/mol. The molecule has 4 nitrogen and oxygen atoms in total. The molecule has 1 aromatic carbocycles. The molecule has 0 unspecified atom stereocenters. The van der Waals surface area contributed by atoms with Crippen molar-refractivity contribution in [3.05, 3.63) is 35.9 Å². The summed E-state index contributed by atoms with van der Waals surface area (Å²) in [7, 11) is 0. The molecule has 1 aromatic rings. The molecular formula is C15H22N2O2. The number of hydrogen-bond acceptors (Lipinski definition) is 4. The average molecular weight is 262 g/mol. The maximum atomic E-state index is 11.5. The fraction of sp³-hybridized carbons (Fsp3) is 0.533. The molecule has 0 amide bonds. The number of nitrogens with two attached hydrogens (primary N) is 1. The van der Waals surface area contributed by atoms with Crippen LogP contribution in [0.25, 0.3) is 0 Å². The van der Waals surface area contributed by atoms with Crippen molar-refractivity contribution in [3.63, 3.8) is 0 Å². The van der Waals surface area contributed by atoms with Crippen molar-refractivity contribution in [1.29, 1.82) is 0 Å². The van der Waals surface area contributed by atoms with Gasteiger partial charge in [-0.15, -0.1) is 0 Å². The van der Waals surface area contributed by atoms with Gasteiger partial charge in [0.1, 0.15) is 0 Å². The van der Waals surface area contributed by atoms with E-state index in [1.165, 1.54) is 5.56 Å². The lowest BCUT2D eigenvalue weighted by Gasteiger charge is -2.15. The molecule has 1 aliphatic heterocycles. The zero-order valence-electron chi connectivity index (χ0n) is 11.4. The normalized spacial score (nSPS) is 23.5. The van der Waals surface area contributed by atoms with Crippen molar-refractivity contribution in [2.24, 2.45) is 11.7 Å². The Kier molecular flexibility index (Phi) is 4.93. The van der Waals surface area contributed by atoms with Crippen LogP contribution in [0.5, 0.6) is 0 Å². The van der Waals surface area contributed by atoms with E-state index in [2.05, 4.69) is 17.0 Å². The highest BCUT2D eigenvalue weighted by Crippen LogP contribution is 2.21. The summed E-state index contributed by atoms with van der Waals surface area (Å²) in [5.41, 5.74) is 7.40. The van der Waals surface area contributed by atoms with Crippen LogP contribution in [0, 0.1) is 5.92 Å². The van der Waals surface area contributed by atoms with Gasteiger partial charge in [-0.3, -0.25) is 9.69 Å². The van der Waals surface area contributed by atoms with Crippen LogP contribution in [0.1, 0.15) is 18.9 Å². The van der Waals surface area contributed by atoms with E-state index in [0.717, 1.165) is 19.6 Å². The quantitative estimate of drug-likeness (QED) is 0.815. The van der Waals surface area contributed by atoms with Gasteiger partial charge in [-0.05, 0) is 18.4 Å². The summed E-state index contributed by atoms with van der Waals surface area (Å²) in [6.45, 7) is 4.88. The highest BCUT2D eigenvalue weighted by Gasteiger charge is 2.31. The molecule has 2 rings (SSSR count). The third-order valence-corrected chi connectivity index (χ3v) is 3.55. The van der Waals surface area contributed by atoms with Crippen molar-refractivity contribution >= 4 is 5.97 Å². The molecule has 1 heterocycles. The first-order chi connectivity index (χ1) is 9.19. The molecule has 0 aliphatic carbocycles. The smallest absolute Gasteiger partial charge is 0.306 e. The summed E-state index contributed by atoms with van der Waals surface area (Å²) in [6, 6.07) is 10.4. The maximum Gasteiger partial charge on any atom is 0.306 e. The third-order valence-electron chi connectivity index (χ3n) is 3.55. The Morgan fingerprint density at radius 3 is 2.79 bits per heavy atom. The largest absolute Gasteiger partial charge is 0.466 e. The topological polar surface area (TPSA) is 55.6 Å². The molecule has 104 valence electrons. The molecule has 1 aliphatic rings. The van der Waals surface area contributed by atoms with Gasteiger partial charge >= 0.3 is 5.97 Å². The second kappa shape index (κ2) is 6.68. The van der Waals surface area contributed by atoms with E-state index in [4.69, 9.17) is 10.5 Å². The number of rotatable bonds is 5. The lowest BCUT2D eigenvalue weighted by molar-refractivity contribution is -0.144. The van der Waals surface area contributed by atoms with E-state index >= 15 is 0 Å². The molecule has 4 heteroatoms. The minimum atomic E-state index is -0.135. The molecule has 0 spiro atoms. The molecule has 1 saturated heterocycles. The van der Waals surface area contributed by atoms with Crippen molar-refractivity contribution in [2.75, 3.05) is 19.7 Å². The predicted octanol–water partition coefficient (Wildman–Crippen LogP) is 1.40. The summed E-state index contributed by atoms with van der Waals surface area (Å²) >= 11 is 0. The number of benzene rings is 1. The Labute approximate surface area is 114 Å². The maximum absolute atomic E-state index is 11.5. The van der Waals surface area contributed by atoms with Crippen molar-refractivity contribution in [1.82, 2.24) is 4.90 Å². The zero-order chi connectivity index (χ0) is 13.7. The van der Waals surface area contributed by atoms with Crippen LogP contribution in [0.2, 0.25) is 0 Å². The van der Waals surface area contributed by atoms with E-state index in [1.54, 1.807) is 0 Å². The molecule has 19 heavy (non-hydrogen) atoms. The highest BCUT2D eigenvalue weighted by molar-refractivity contribution is 5.69. The lowest BCUT2D eigenvalue weighted by Crippen LogP contribution is -2.31. The van der Waals surface area contributed by atoms with Gasteiger partial charge in [0.05, 0.1) is 13.0 Å². The summed E-state index contributed by atoms with van der Waals surface area (Å²) < 4.78 is 4.99. The Bertz CT molecular complexity index is 408. The van der Waals surface area contributed by atoms with Crippen molar-refractivity contribution in [2.45, 2.75) is 25.9 Å². The van der Waals surface area contributed by atoms with Crippen LogP contribution in [0.3, 0.4) is 0 Å². The fourth-order valence-electron chi connectivity index (χ4n) is 2.61. The van der Waals surface area contributed by atoms with Crippen LogP contribution in [-0.2, 0) is 16.1 Å². The first-order valence-electron chi connectivity index (χ1n) is 6.86. The molecule has 2 atom stereocenters. The molecule has 2 N–H and O–H groups in total. The van der Waals surface area contributed by atoms with Crippen molar-refractivity contribution in [3.8, 4) is 0 Å². The van der Waals surface area contributed by atoms with Crippen LogP contribution in [0.4, 0.5) is 0 Å². The standard InChI is InChI=1S/C15H22N2O2/c1-2-19-15(18)8-13-10-17(11-14(13)16)9-12-6-4-3-5-7-12/h3-7,13-14H,2,8-11,16H2,1H3/t13-,14-/m0/s1. The van der Waals surface area contributed by atoms with Gasteiger partial charge in [0.15, 0.2) is 0 Å². The highest BCUT2D eigenvalue weighted by atomic mass is 16.5. The molecule has 0 aromatic heterocycles. The number of hydrogen-bond donors (Lipinski definition) is 1. The van der Waals surface area contributed by atoms with Gasteiger partial charge in [-0.2, -0.15) is 0 Å².